The Hall–Kier alpha value is -2.42. The number of para-hydroxylation sites is 1. The highest BCUT2D eigenvalue weighted by Gasteiger charge is 2.13. The number of hydrogen-bond acceptors (Lipinski definition) is 3. The first-order valence-electron chi connectivity index (χ1n) is 6.15. The van der Waals surface area contributed by atoms with Gasteiger partial charge in [0.1, 0.15) is 5.58 Å². The number of ketones is 1. The molecule has 3 nitrogen and oxygen atoms in total. The van der Waals surface area contributed by atoms with E-state index in [0.29, 0.717) is 12.2 Å². The van der Waals surface area contributed by atoms with E-state index in [-0.39, 0.29) is 5.78 Å². The van der Waals surface area contributed by atoms with Crippen LogP contribution in [-0.4, -0.2) is 10.8 Å². The molecular formula is C16H13NO2. The summed E-state index contributed by atoms with van der Waals surface area (Å²) in [7, 11) is 0. The Morgan fingerprint density at radius 3 is 2.89 bits per heavy atom. The van der Waals surface area contributed by atoms with Crippen molar-refractivity contribution in [2.24, 2.45) is 0 Å². The van der Waals surface area contributed by atoms with E-state index in [9.17, 15) is 4.79 Å². The molecule has 1 aromatic carbocycles. The molecule has 0 atom stereocenters. The fourth-order valence-electron chi connectivity index (χ4n) is 2.12. The van der Waals surface area contributed by atoms with Gasteiger partial charge in [0, 0.05) is 24.2 Å². The number of carbonyl (C=O) groups excluding carboxylic acids is 1. The number of nitrogens with zero attached hydrogens (tertiary/aromatic N) is 1. The van der Waals surface area contributed by atoms with Crippen LogP contribution in [0.25, 0.3) is 11.0 Å². The minimum Gasteiger partial charge on any atom is -0.453 e. The largest absolute Gasteiger partial charge is 0.453 e. The Bertz CT molecular complexity index is 729. The first-order valence-corrected chi connectivity index (χ1v) is 6.15. The summed E-state index contributed by atoms with van der Waals surface area (Å²) in [5, 5.41) is 0.967. The second-order valence-corrected chi connectivity index (χ2v) is 4.57. The standard InChI is InChI=1S/C16H13NO2/c1-11-4-2-6-13-9-15(19-16(11)13)14(18)8-12-5-3-7-17-10-12/h2-7,9-10H,8H2,1H3. The Balaban J connectivity index is 1.92. The molecule has 0 N–H and O–H groups in total. The van der Waals surface area contributed by atoms with E-state index < -0.39 is 0 Å². The molecule has 0 aliphatic heterocycles. The fourth-order valence-corrected chi connectivity index (χ4v) is 2.12. The van der Waals surface area contributed by atoms with E-state index in [1.54, 1.807) is 18.5 Å². The quantitative estimate of drug-likeness (QED) is 0.668. The highest BCUT2D eigenvalue weighted by molar-refractivity contribution is 5.99. The van der Waals surface area contributed by atoms with Crippen LogP contribution in [0.4, 0.5) is 0 Å². The van der Waals surface area contributed by atoms with Crippen LogP contribution >= 0.6 is 0 Å². The maximum absolute atomic E-state index is 12.2. The van der Waals surface area contributed by atoms with Crippen molar-refractivity contribution in [3.8, 4) is 0 Å². The molecule has 0 aliphatic rings. The maximum Gasteiger partial charge on any atom is 0.202 e. The molecule has 0 saturated heterocycles. The highest BCUT2D eigenvalue weighted by Crippen LogP contribution is 2.23. The van der Waals surface area contributed by atoms with Crippen LogP contribution in [-0.2, 0) is 6.42 Å². The smallest absolute Gasteiger partial charge is 0.202 e. The van der Waals surface area contributed by atoms with Gasteiger partial charge in [-0.3, -0.25) is 9.78 Å². The zero-order valence-corrected chi connectivity index (χ0v) is 10.6. The van der Waals surface area contributed by atoms with E-state index in [1.165, 1.54) is 0 Å². The lowest BCUT2D eigenvalue weighted by Gasteiger charge is -1.97. The summed E-state index contributed by atoms with van der Waals surface area (Å²) in [6, 6.07) is 11.4. The average molecular weight is 251 g/mol. The monoisotopic (exact) mass is 251 g/mol. The topological polar surface area (TPSA) is 43.1 Å². The number of furan rings is 1. The number of rotatable bonds is 3. The molecule has 94 valence electrons. The zero-order chi connectivity index (χ0) is 13.2. The molecule has 0 aliphatic carbocycles. The van der Waals surface area contributed by atoms with Gasteiger partial charge < -0.3 is 4.42 Å². The lowest BCUT2D eigenvalue weighted by molar-refractivity contribution is 0.0968. The van der Waals surface area contributed by atoms with Crippen LogP contribution in [0.3, 0.4) is 0 Å². The normalized spacial score (nSPS) is 10.8. The maximum atomic E-state index is 12.2. The number of benzene rings is 1. The van der Waals surface area contributed by atoms with E-state index in [0.717, 1.165) is 22.1 Å². The molecule has 0 amide bonds. The summed E-state index contributed by atoms with van der Waals surface area (Å²) in [5.74, 6) is 0.386. The third kappa shape index (κ3) is 2.27. The van der Waals surface area contributed by atoms with E-state index in [4.69, 9.17) is 4.42 Å². The Morgan fingerprint density at radius 1 is 1.26 bits per heavy atom. The first kappa shape index (κ1) is 11.7. The van der Waals surface area contributed by atoms with Crippen molar-refractivity contribution in [3.63, 3.8) is 0 Å². The van der Waals surface area contributed by atoms with E-state index in [1.807, 2.05) is 37.3 Å². The predicted molar refractivity (Wildman–Crippen MR) is 73.2 cm³/mol. The molecule has 3 rings (SSSR count). The van der Waals surface area contributed by atoms with Gasteiger partial charge in [-0.05, 0) is 30.2 Å². The number of hydrogen-bond donors (Lipinski definition) is 0. The minimum atomic E-state index is -0.0244. The van der Waals surface area contributed by atoms with E-state index >= 15 is 0 Å². The summed E-state index contributed by atoms with van der Waals surface area (Å²) >= 11 is 0. The molecule has 19 heavy (non-hydrogen) atoms. The predicted octanol–water partition coefficient (Wildman–Crippen LogP) is 3.56. The summed E-state index contributed by atoms with van der Waals surface area (Å²) in [5.41, 5.74) is 2.72. The van der Waals surface area contributed by atoms with Gasteiger partial charge in [0.25, 0.3) is 0 Å². The molecule has 2 heterocycles. The van der Waals surface area contributed by atoms with Crippen LogP contribution in [0, 0.1) is 6.92 Å². The van der Waals surface area contributed by atoms with Crippen molar-refractivity contribution in [2.45, 2.75) is 13.3 Å². The van der Waals surface area contributed by atoms with Crippen molar-refractivity contribution in [1.29, 1.82) is 0 Å². The van der Waals surface area contributed by atoms with Crippen LogP contribution in [0.5, 0.6) is 0 Å². The number of carbonyl (C=O) groups is 1. The van der Waals surface area contributed by atoms with Gasteiger partial charge in [-0.1, -0.05) is 24.3 Å². The molecule has 0 radical (unpaired) electrons. The van der Waals surface area contributed by atoms with Crippen molar-refractivity contribution in [2.75, 3.05) is 0 Å². The molecule has 0 bridgehead atoms. The molecule has 2 aromatic heterocycles. The summed E-state index contributed by atoms with van der Waals surface area (Å²) < 4.78 is 5.66. The van der Waals surface area contributed by atoms with Gasteiger partial charge >= 0.3 is 0 Å². The third-order valence-electron chi connectivity index (χ3n) is 3.10. The van der Waals surface area contributed by atoms with Crippen LogP contribution in [0.1, 0.15) is 21.7 Å². The molecule has 3 heteroatoms. The lowest BCUT2D eigenvalue weighted by Crippen LogP contribution is -2.02. The number of aryl methyl sites for hydroxylation is 1. The lowest BCUT2D eigenvalue weighted by atomic mass is 10.1. The first-order chi connectivity index (χ1) is 9.24. The van der Waals surface area contributed by atoms with E-state index in [2.05, 4.69) is 4.98 Å². The molecular weight excluding hydrogens is 238 g/mol. The SMILES string of the molecule is Cc1cccc2cc(C(=O)Cc3cccnc3)oc12. The summed E-state index contributed by atoms with van der Waals surface area (Å²) in [6.07, 6.45) is 3.71. The number of pyridine rings is 1. The molecule has 0 unspecified atom stereocenters. The fraction of sp³-hybridized carbons (Fsp3) is 0.125. The third-order valence-corrected chi connectivity index (χ3v) is 3.10. The summed E-state index contributed by atoms with van der Waals surface area (Å²) in [6.45, 7) is 1.97. The van der Waals surface area contributed by atoms with Gasteiger partial charge in [0.15, 0.2) is 5.76 Å². The average Bonchev–Trinajstić information content (AvgIpc) is 2.85. The Morgan fingerprint density at radius 2 is 2.16 bits per heavy atom. The molecule has 3 aromatic rings. The van der Waals surface area contributed by atoms with Crippen molar-refractivity contribution < 1.29 is 9.21 Å². The van der Waals surface area contributed by atoms with Gasteiger partial charge in [0.2, 0.25) is 5.78 Å². The summed E-state index contributed by atoms with van der Waals surface area (Å²) in [4.78, 5) is 16.2. The van der Waals surface area contributed by atoms with Crippen molar-refractivity contribution in [1.82, 2.24) is 4.98 Å². The van der Waals surface area contributed by atoms with Gasteiger partial charge in [0.05, 0.1) is 0 Å². The van der Waals surface area contributed by atoms with Gasteiger partial charge in [-0.25, -0.2) is 0 Å². The minimum absolute atomic E-state index is 0.0244. The van der Waals surface area contributed by atoms with Gasteiger partial charge in [-0.15, -0.1) is 0 Å². The number of fused-ring (bicyclic) bond motifs is 1. The highest BCUT2D eigenvalue weighted by atomic mass is 16.3. The zero-order valence-electron chi connectivity index (χ0n) is 10.6. The Kier molecular flexibility index (Phi) is 2.88. The van der Waals surface area contributed by atoms with Crippen molar-refractivity contribution in [3.05, 3.63) is 65.7 Å². The molecule has 0 spiro atoms. The van der Waals surface area contributed by atoms with Crippen LogP contribution in [0.2, 0.25) is 0 Å². The number of Topliss-reactive ketones (excluding diaryl/α,β-unsaturated/α-hetero) is 1. The Labute approximate surface area is 110 Å². The second-order valence-electron chi connectivity index (χ2n) is 4.57. The number of aromatic nitrogens is 1. The van der Waals surface area contributed by atoms with Gasteiger partial charge in [-0.2, -0.15) is 0 Å². The van der Waals surface area contributed by atoms with Crippen LogP contribution in [0.15, 0.2) is 53.2 Å². The molecule has 0 fully saturated rings. The second kappa shape index (κ2) is 4.69. The molecule has 0 saturated carbocycles. The van der Waals surface area contributed by atoms with Crippen LogP contribution < -0.4 is 0 Å². The van der Waals surface area contributed by atoms with Crippen molar-refractivity contribution >= 4 is 16.8 Å².